The van der Waals surface area contributed by atoms with Crippen LogP contribution in [0.2, 0.25) is 0 Å². The number of aliphatic hydroxyl groups excluding tert-OH is 1. The first-order valence-corrected chi connectivity index (χ1v) is 6.53. The zero-order valence-corrected chi connectivity index (χ0v) is 10.6. The molecule has 1 atom stereocenters. The summed E-state index contributed by atoms with van der Waals surface area (Å²) in [5.74, 6) is 0. The van der Waals surface area contributed by atoms with Crippen molar-refractivity contribution in [3.05, 3.63) is 40.9 Å². The van der Waals surface area contributed by atoms with Gasteiger partial charge in [0.25, 0.3) is 0 Å². The smallest absolute Gasteiger partial charge is 0.123 e. The van der Waals surface area contributed by atoms with Crippen LogP contribution in [0.1, 0.15) is 24.2 Å². The van der Waals surface area contributed by atoms with Gasteiger partial charge in [-0.1, -0.05) is 31.2 Å². The molecule has 0 radical (unpaired) electrons. The van der Waals surface area contributed by atoms with Crippen LogP contribution in [-0.2, 0) is 6.42 Å². The maximum atomic E-state index is 8.98. The Hall–Kier alpha value is -1.23. The van der Waals surface area contributed by atoms with Gasteiger partial charge in [0.15, 0.2) is 0 Å². The maximum absolute atomic E-state index is 8.98. The molecule has 0 spiro atoms. The molecule has 1 aromatic carbocycles. The van der Waals surface area contributed by atoms with Crippen molar-refractivity contribution in [1.29, 1.82) is 0 Å². The molecule has 2 rings (SSSR count). The van der Waals surface area contributed by atoms with Crippen LogP contribution < -0.4 is 5.73 Å². The summed E-state index contributed by atoms with van der Waals surface area (Å²) in [5.41, 5.74) is 8.90. The van der Waals surface area contributed by atoms with Gasteiger partial charge < -0.3 is 10.8 Å². The highest BCUT2D eigenvalue weighted by atomic mass is 32.1. The largest absolute Gasteiger partial charge is 0.394 e. The molecule has 0 aliphatic heterocycles. The molecule has 0 saturated carbocycles. The van der Waals surface area contributed by atoms with E-state index in [1.54, 1.807) is 11.3 Å². The highest BCUT2D eigenvalue weighted by Crippen LogP contribution is 2.25. The number of benzene rings is 1. The minimum Gasteiger partial charge on any atom is -0.394 e. The highest BCUT2D eigenvalue weighted by molar-refractivity contribution is 7.13. The van der Waals surface area contributed by atoms with E-state index in [4.69, 9.17) is 10.8 Å². The number of aromatic nitrogens is 1. The van der Waals surface area contributed by atoms with E-state index in [-0.39, 0.29) is 12.6 Å². The molecule has 0 amide bonds. The van der Waals surface area contributed by atoms with E-state index in [9.17, 15) is 0 Å². The summed E-state index contributed by atoms with van der Waals surface area (Å²) in [6.07, 6.45) is 1.04. The highest BCUT2D eigenvalue weighted by Gasteiger charge is 2.10. The van der Waals surface area contributed by atoms with E-state index in [0.717, 1.165) is 22.7 Å². The van der Waals surface area contributed by atoms with Crippen molar-refractivity contribution in [2.45, 2.75) is 19.4 Å². The van der Waals surface area contributed by atoms with Crippen molar-refractivity contribution < 1.29 is 5.11 Å². The lowest BCUT2D eigenvalue weighted by Gasteiger charge is -2.02. The Morgan fingerprint density at radius 1 is 1.35 bits per heavy atom. The summed E-state index contributed by atoms with van der Waals surface area (Å²) < 4.78 is 0. The fourth-order valence-electron chi connectivity index (χ4n) is 1.57. The second-order valence-corrected chi connectivity index (χ2v) is 4.78. The molecule has 4 heteroatoms. The summed E-state index contributed by atoms with van der Waals surface area (Å²) >= 11 is 1.56. The minimum absolute atomic E-state index is 0.0715. The number of rotatable bonds is 4. The molecule has 0 aliphatic rings. The van der Waals surface area contributed by atoms with Crippen LogP contribution in [-0.4, -0.2) is 16.7 Å². The van der Waals surface area contributed by atoms with E-state index in [1.165, 1.54) is 5.56 Å². The monoisotopic (exact) mass is 248 g/mol. The topological polar surface area (TPSA) is 59.1 Å². The zero-order valence-electron chi connectivity index (χ0n) is 9.76. The zero-order chi connectivity index (χ0) is 12.3. The first kappa shape index (κ1) is 12.2. The third kappa shape index (κ3) is 2.72. The number of nitrogens with zero attached hydrogens (tertiary/aromatic N) is 1. The van der Waals surface area contributed by atoms with Crippen molar-refractivity contribution in [2.24, 2.45) is 5.73 Å². The predicted molar refractivity (Wildman–Crippen MR) is 70.9 cm³/mol. The van der Waals surface area contributed by atoms with Gasteiger partial charge in [0.2, 0.25) is 0 Å². The van der Waals surface area contributed by atoms with Crippen LogP contribution in [0.25, 0.3) is 10.6 Å². The lowest BCUT2D eigenvalue weighted by Crippen LogP contribution is -2.14. The molecule has 17 heavy (non-hydrogen) atoms. The molecular formula is C13H16N2OS. The summed E-state index contributed by atoms with van der Waals surface area (Å²) in [7, 11) is 0. The van der Waals surface area contributed by atoms with Crippen LogP contribution >= 0.6 is 11.3 Å². The van der Waals surface area contributed by atoms with Crippen LogP contribution in [0.3, 0.4) is 0 Å². The third-order valence-electron chi connectivity index (χ3n) is 2.71. The molecule has 1 aromatic heterocycles. The SMILES string of the molecule is CCc1ccc(-c2nc(C(N)CO)cs2)cc1. The van der Waals surface area contributed by atoms with Crippen LogP contribution in [0, 0.1) is 0 Å². The molecule has 1 unspecified atom stereocenters. The first-order chi connectivity index (χ1) is 8.24. The molecule has 90 valence electrons. The van der Waals surface area contributed by atoms with E-state index in [1.807, 2.05) is 5.38 Å². The molecule has 1 heterocycles. The summed E-state index contributed by atoms with van der Waals surface area (Å²) in [4.78, 5) is 4.44. The van der Waals surface area contributed by atoms with E-state index >= 15 is 0 Å². The fraction of sp³-hybridized carbons (Fsp3) is 0.308. The molecule has 0 aliphatic carbocycles. The van der Waals surface area contributed by atoms with Gasteiger partial charge in [-0.15, -0.1) is 11.3 Å². The molecule has 3 nitrogen and oxygen atoms in total. The second-order valence-electron chi connectivity index (χ2n) is 3.92. The average molecular weight is 248 g/mol. The number of hydrogen-bond donors (Lipinski definition) is 2. The van der Waals surface area contributed by atoms with Gasteiger partial charge in [-0.05, 0) is 12.0 Å². The quantitative estimate of drug-likeness (QED) is 0.873. The molecule has 0 saturated heterocycles. The molecule has 0 bridgehead atoms. The Bertz CT molecular complexity index is 478. The Labute approximate surface area is 105 Å². The predicted octanol–water partition coefficient (Wildman–Crippen LogP) is 2.36. The Morgan fingerprint density at radius 2 is 2.06 bits per heavy atom. The van der Waals surface area contributed by atoms with Crippen molar-refractivity contribution in [2.75, 3.05) is 6.61 Å². The van der Waals surface area contributed by atoms with Crippen LogP contribution in [0.4, 0.5) is 0 Å². The Kier molecular flexibility index (Phi) is 3.89. The van der Waals surface area contributed by atoms with Gasteiger partial charge in [-0.25, -0.2) is 4.98 Å². The number of aliphatic hydroxyl groups is 1. The average Bonchev–Trinajstić information content (AvgIpc) is 2.87. The van der Waals surface area contributed by atoms with Gasteiger partial charge in [-0.3, -0.25) is 0 Å². The molecule has 0 fully saturated rings. The van der Waals surface area contributed by atoms with Crippen molar-refractivity contribution >= 4 is 11.3 Å². The van der Waals surface area contributed by atoms with Crippen molar-refractivity contribution in [1.82, 2.24) is 4.98 Å². The summed E-state index contributed by atoms with van der Waals surface area (Å²) in [6, 6.07) is 8.00. The van der Waals surface area contributed by atoms with Crippen LogP contribution in [0.5, 0.6) is 0 Å². The number of thiazole rings is 1. The number of aryl methyl sites for hydroxylation is 1. The van der Waals surface area contributed by atoms with E-state index in [0.29, 0.717) is 0 Å². The lowest BCUT2D eigenvalue weighted by molar-refractivity contribution is 0.266. The third-order valence-corrected chi connectivity index (χ3v) is 3.62. The standard InChI is InChI=1S/C13H16N2OS/c1-2-9-3-5-10(6-4-9)13-15-12(8-17-13)11(14)7-16/h3-6,8,11,16H,2,7,14H2,1H3. The minimum atomic E-state index is -0.380. The molecule has 2 aromatic rings. The van der Waals surface area contributed by atoms with Gasteiger partial charge in [0.05, 0.1) is 18.3 Å². The maximum Gasteiger partial charge on any atom is 0.123 e. The fourth-order valence-corrected chi connectivity index (χ4v) is 2.46. The number of nitrogens with two attached hydrogens (primary N) is 1. The first-order valence-electron chi connectivity index (χ1n) is 5.65. The Morgan fingerprint density at radius 3 is 2.65 bits per heavy atom. The second kappa shape index (κ2) is 5.40. The number of hydrogen-bond acceptors (Lipinski definition) is 4. The van der Waals surface area contributed by atoms with Gasteiger partial charge >= 0.3 is 0 Å². The molecular weight excluding hydrogens is 232 g/mol. The van der Waals surface area contributed by atoms with Gasteiger partial charge in [0, 0.05) is 10.9 Å². The van der Waals surface area contributed by atoms with Crippen molar-refractivity contribution in [3.63, 3.8) is 0 Å². The lowest BCUT2D eigenvalue weighted by atomic mass is 10.1. The van der Waals surface area contributed by atoms with Gasteiger partial charge in [-0.2, -0.15) is 0 Å². The molecule has 3 N–H and O–H groups in total. The Balaban J connectivity index is 2.24. The van der Waals surface area contributed by atoms with Crippen LogP contribution in [0.15, 0.2) is 29.6 Å². The van der Waals surface area contributed by atoms with Gasteiger partial charge in [0.1, 0.15) is 5.01 Å². The van der Waals surface area contributed by atoms with Crippen molar-refractivity contribution in [3.8, 4) is 10.6 Å². The van der Waals surface area contributed by atoms with E-state index < -0.39 is 0 Å². The summed E-state index contributed by atoms with van der Waals surface area (Å²) in [6.45, 7) is 2.06. The van der Waals surface area contributed by atoms with E-state index in [2.05, 4.69) is 36.2 Å². The summed E-state index contributed by atoms with van der Waals surface area (Å²) in [5, 5.41) is 11.8. The normalized spacial score (nSPS) is 12.6.